The van der Waals surface area contributed by atoms with Crippen LogP contribution in [0.5, 0.6) is 0 Å². The van der Waals surface area contributed by atoms with Crippen molar-refractivity contribution in [3.63, 3.8) is 0 Å². The van der Waals surface area contributed by atoms with E-state index in [4.69, 9.17) is 6.54 Å². The molecule has 2 N–H and O–H groups in total. The minimum absolute atomic E-state index is 0.240. The van der Waals surface area contributed by atoms with Gasteiger partial charge in [-0.3, -0.25) is 9.59 Å². The van der Waals surface area contributed by atoms with Crippen molar-refractivity contribution in [2.24, 2.45) is 5.92 Å². The molecule has 4 heteroatoms. The van der Waals surface area contributed by atoms with Crippen molar-refractivity contribution in [3.05, 3.63) is 0 Å². The Morgan fingerprint density at radius 3 is 2.55 bits per heavy atom. The number of carboxylic acid groups (broad SMARTS) is 2. The molecule has 0 saturated carbocycles. The Morgan fingerprint density at radius 2 is 2.18 bits per heavy atom. The van der Waals surface area contributed by atoms with Crippen LogP contribution in [0.4, 0.5) is 0 Å². The van der Waals surface area contributed by atoms with E-state index in [2.05, 4.69) is 5.11 Å². The molecule has 0 radical (unpaired) electrons. The van der Waals surface area contributed by atoms with Crippen molar-refractivity contribution < 1.29 is 19.8 Å². The Labute approximate surface area is 66.3 Å². The Kier molecular flexibility index (Phi) is 3.44. The van der Waals surface area contributed by atoms with Crippen molar-refractivity contribution in [2.45, 2.75) is 26.2 Å². The van der Waals surface area contributed by atoms with E-state index in [0.29, 0.717) is 6.42 Å². The molecular weight excluding hydrogens is 148 g/mol. The third-order valence-electron chi connectivity index (χ3n) is 1.43. The zero-order chi connectivity index (χ0) is 9.56. The van der Waals surface area contributed by atoms with Crippen LogP contribution in [0.25, 0.3) is 1.43 Å². The van der Waals surface area contributed by atoms with E-state index in [1.165, 1.54) is 0 Å². The summed E-state index contributed by atoms with van der Waals surface area (Å²) in [6.45, 7) is 1.89. The molecule has 0 aliphatic carbocycles. The largest absolute Gasteiger partial charge is 0.481 e. The Morgan fingerprint density at radius 1 is 1.55 bits per heavy atom. The van der Waals surface area contributed by atoms with E-state index in [0.717, 1.165) is 6.42 Å². The van der Waals surface area contributed by atoms with Crippen LogP contribution in [-0.4, -0.2) is 22.2 Å². The van der Waals surface area contributed by atoms with Crippen LogP contribution in [0.2, 0.25) is 0 Å². The summed E-state index contributed by atoms with van der Waals surface area (Å²) in [4.78, 5) is 21.1. The molecule has 0 amide bonds. The molecule has 1 unspecified atom stereocenters. The number of hydrogen-bond acceptors (Lipinski definition) is 3. The summed E-state index contributed by atoms with van der Waals surface area (Å²) in [5.41, 5.74) is 0. The molecule has 0 bridgehead atoms. The molecule has 0 saturated heterocycles. The van der Waals surface area contributed by atoms with Crippen LogP contribution in [0.3, 0.4) is 0 Å². The highest BCUT2D eigenvalue weighted by atomic mass is 16.4. The maximum Gasteiger partial charge on any atom is 0.317 e. The van der Waals surface area contributed by atoms with Gasteiger partial charge in [0.15, 0.2) is 5.92 Å². The van der Waals surface area contributed by atoms with Crippen LogP contribution >= 0.6 is 0 Å². The molecule has 4 nitrogen and oxygen atoms in total. The molecule has 0 aromatic heterocycles. The lowest BCUT2D eigenvalue weighted by Crippen LogP contribution is -2.22. The fourth-order valence-corrected chi connectivity index (χ4v) is 0.750. The second-order valence-electron chi connectivity index (χ2n) is 2.35. The minimum Gasteiger partial charge on any atom is -0.481 e. The van der Waals surface area contributed by atoms with Crippen molar-refractivity contribution in [2.75, 3.05) is 0 Å². The number of aliphatic carboxylic acids is 2. The van der Waals surface area contributed by atoms with Crippen molar-refractivity contribution in [3.8, 4) is 0 Å². The van der Waals surface area contributed by atoms with Gasteiger partial charge in [-0.15, -0.1) is 0 Å². The Bertz CT molecular complexity index is 169. The van der Waals surface area contributed by atoms with Gasteiger partial charge in [0.1, 0.15) is 0 Å². The summed E-state index contributed by atoms with van der Waals surface area (Å²) in [5.74, 6) is -3.39. The molecule has 0 rings (SSSR count). The molecular formula is C7H12O4. The second kappa shape index (κ2) is 4.71. The predicted octanol–water partition coefficient (Wildman–Crippen LogP) is 0.962. The average Bonchev–Trinajstić information content (AvgIpc) is 2.04. The Balaban J connectivity index is 4.04. The van der Waals surface area contributed by atoms with E-state index in [9.17, 15) is 9.59 Å². The van der Waals surface area contributed by atoms with E-state index in [-0.39, 0.29) is 6.42 Å². The second-order valence-corrected chi connectivity index (χ2v) is 2.35. The highest BCUT2D eigenvalue weighted by Gasteiger charge is 2.24. The number of hydrogen-bond donors (Lipinski definition) is 2. The number of carbonyl (C=O) groups is 2. The summed E-state index contributed by atoms with van der Waals surface area (Å²) in [6.07, 6.45) is 1.70. The van der Waals surface area contributed by atoms with E-state index >= 15 is 0 Å². The van der Waals surface area contributed by atoms with Gasteiger partial charge in [0.05, 0.1) is 0 Å². The monoisotopic (exact) mass is 161 g/mol. The van der Waals surface area contributed by atoms with Gasteiger partial charge in [-0.05, 0) is 6.42 Å². The third-order valence-corrected chi connectivity index (χ3v) is 1.43. The number of unbranched alkanes of at least 4 members (excludes halogenated alkanes) is 1. The summed E-state index contributed by atoms with van der Waals surface area (Å²) in [7, 11) is 0. The molecule has 0 aromatic rings. The smallest absolute Gasteiger partial charge is 0.317 e. The lowest BCUT2D eigenvalue weighted by molar-refractivity contribution is -0.154. The summed E-state index contributed by atoms with van der Waals surface area (Å²) in [6, 6.07) is 0. The molecule has 0 spiro atoms. The molecule has 0 aromatic carbocycles. The molecule has 0 fully saturated rings. The topological polar surface area (TPSA) is 74.6 Å². The maximum absolute atomic E-state index is 10.7. The van der Waals surface area contributed by atoms with Crippen LogP contribution in [0, 0.1) is 5.92 Å². The average molecular weight is 161 g/mol. The summed E-state index contributed by atoms with van der Waals surface area (Å²) < 4.78 is 6.26. The van der Waals surface area contributed by atoms with Gasteiger partial charge in [-0.2, -0.15) is 0 Å². The molecule has 0 aliphatic rings. The van der Waals surface area contributed by atoms with Crippen LogP contribution in [0.15, 0.2) is 0 Å². The molecule has 64 valence electrons. The van der Waals surface area contributed by atoms with Crippen molar-refractivity contribution >= 4 is 11.9 Å². The third kappa shape index (κ3) is 3.60. The van der Waals surface area contributed by atoms with Crippen molar-refractivity contribution in [1.82, 2.24) is 0 Å². The zero-order valence-corrected chi connectivity index (χ0v) is 6.37. The number of carboxylic acids is 2. The SMILES string of the molecule is [2H]OC(=O)C(CCCC)C(=O)O. The van der Waals surface area contributed by atoms with Gasteiger partial charge in [0, 0.05) is 0 Å². The molecule has 11 heavy (non-hydrogen) atoms. The minimum atomic E-state index is -1.22. The first-order chi connectivity index (χ1) is 5.63. The van der Waals surface area contributed by atoms with Gasteiger partial charge in [0.25, 0.3) is 1.43 Å². The predicted molar refractivity (Wildman–Crippen MR) is 38.3 cm³/mol. The Hall–Kier alpha value is -1.06. The van der Waals surface area contributed by atoms with Crippen LogP contribution < -0.4 is 0 Å². The molecule has 0 aliphatic heterocycles. The first-order valence-corrected chi connectivity index (χ1v) is 3.53. The van der Waals surface area contributed by atoms with Crippen molar-refractivity contribution in [1.29, 1.82) is 1.43 Å². The highest BCUT2D eigenvalue weighted by molar-refractivity contribution is 5.92. The summed E-state index contributed by atoms with van der Waals surface area (Å²) >= 11 is 0. The van der Waals surface area contributed by atoms with Gasteiger partial charge in [0.2, 0.25) is 0 Å². The lowest BCUT2D eigenvalue weighted by Gasteiger charge is -2.04. The fourth-order valence-electron chi connectivity index (χ4n) is 0.750. The first kappa shape index (κ1) is 8.04. The normalized spacial score (nSPS) is 13.4. The van der Waals surface area contributed by atoms with Crippen LogP contribution in [0.1, 0.15) is 26.2 Å². The van der Waals surface area contributed by atoms with Gasteiger partial charge in [-0.25, -0.2) is 0 Å². The van der Waals surface area contributed by atoms with Gasteiger partial charge < -0.3 is 10.2 Å². The first-order valence-electron chi connectivity index (χ1n) is 3.94. The maximum atomic E-state index is 10.7. The highest BCUT2D eigenvalue weighted by Crippen LogP contribution is 2.08. The molecule has 1 atom stereocenters. The van der Waals surface area contributed by atoms with Gasteiger partial charge in [-0.1, -0.05) is 19.8 Å². The van der Waals surface area contributed by atoms with Gasteiger partial charge >= 0.3 is 11.9 Å². The molecule has 0 heterocycles. The zero-order valence-electron chi connectivity index (χ0n) is 7.37. The quantitative estimate of drug-likeness (QED) is 0.589. The number of rotatable bonds is 5. The summed E-state index contributed by atoms with van der Waals surface area (Å²) in [5, 5.41) is 12.1. The van der Waals surface area contributed by atoms with E-state index < -0.39 is 17.9 Å². The van der Waals surface area contributed by atoms with E-state index in [1.54, 1.807) is 0 Å². The van der Waals surface area contributed by atoms with E-state index in [1.807, 2.05) is 6.92 Å². The fraction of sp³-hybridized carbons (Fsp3) is 0.714. The van der Waals surface area contributed by atoms with Crippen LogP contribution in [-0.2, 0) is 9.59 Å². The lowest BCUT2D eigenvalue weighted by atomic mass is 10.0. The standard InChI is InChI=1S/C7H12O4/c1-2-3-4-5(6(8)9)7(10)11/h5H,2-4H2,1H3,(H,8,9)(H,10,11)/i/hD.